The highest BCUT2D eigenvalue weighted by Crippen LogP contribution is 2.20. The lowest BCUT2D eigenvalue weighted by molar-refractivity contribution is 0.0936. The van der Waals surface area contributed by atoms with Crippen molar-refractivity contribution in [2.45, 2.75) is 19.9 Å². The number of hydrogen-bond acceptors (Lipinski definition) is 7. The first-order valence-electron chi connectivity index (χ1n) is 7.20. The molecule has 0 saturated heterocycles. The predicted molar refractivity (Wildman–Crippen MR) is 87.7 cm³/mol. The number of pyridine rings is 1. The van der Waals surface area contributed by atoms with Crippen LogP contribution in [0.2, 0.25) is 0 Å². The Morgan fingerprint density at radius 2 is 2.04 bits per heavy atom. The Kier molecular flexibility index (Phi) is 4.48. The molecule has 0 aromatic carbocycles. The van der Waals surface area contributed by atoms with Crippen LogP contribution in [-0.4, -0.2) is 26.8 Å². The first-order chi connectivity index (χ1) is 11.5. The summed E-state index contributed by atoms with van der Waals surface area (Å²) in [5, 5.41) is 6.67. The van der Waals surface area contributed by atoms with E-state index >= 15 is 0 Å². The van der Waals surface area contributed by atoms with Crippen molar-refractivity contribution in [2.75, 3.05) is 0 Å². The van der Waals surface area contributed by atoms with E-state index in [1.165, 1.54) is 6.92 Å². The molecule has 3 aromatic rings. The second-order valence-electron chi connectivity index (χ2n) is 5.11. The summed E-state index contributed by atoms with van der Waals surface area (Å²) in [6.07, 6.45) is 3.29. The number of carbonyl (C=O) groups is 2. The molecule has 0 radical (unpaired) electrons. The highest BCUT2D eigenvalue weighted by Gasteiger charge is 2.19. The summed E-state index contributed by atoms with van der Waals surface area (Å²) >= 11 is 1.15. The molecule has 0 aliphatic rings. The van der Waals surface area contributed by atoms with Crippen LogP contribution in [0, 0.1) is 0 Å². The van der Waals surface area contributed by atoms with Crippen molar-refractivity contribution in [2.24, 2.45) is 0 Å². The Hall–Kier alpha value is -2.87. The maximum absolute atomic E-state index is 12.2. The molecule has 8 heteroatoms. The number of nitrogens with zero attached hydrogens (tertiary/aromatic N) is 3. The molecule has 7 nitrogen and oxygen atoms in total. The van der Waals surface area contributed by atoms with Gasteiger partial charge in [-0.2, -0.15) is 4.98 Å². The number of ketones is 1. The van der Waals surface area contributed by atoms with Gasteiger partial charge in [0.05, 0.1) is 9.75 Å². The summed E-state index contributed by atoms with van der Waals surface area (Å²) in [5.74, 6) is 0.353. The van der Waals surface area contributed by atoms with Crippen molar-refractivity contribution in [1.29, 1.82) is 0 Å². The van der Waals surface area contributed by atoms with Gasteiger partial charge in [0.25, 0.3) is 5.91 Å². The van der Waals surface area contributed by atoms with Crippen molar-refractivity contribution < 1.29 is 14.1 Å². The molecule has 1 amide bonds. The minimum atomic E-state index is -0.460. The number of aromatic nitrogens is 3. The number of amides is 1. The van der Waals surface area contributed by atoms with Crippen LogP contribution >= 0.6 is 11.3 Å². The maximum atomic E-state index is 12.2. The van der Waals surface area contributed by atoms with Gasteiger partial charge in [0.1, 0.15) is 6.04 Å². The van der Waals surface area contributed by atoms with E-state index in [1.54, 1.807) is 37.5 Å². The van der Waals surface area contributed by atoms with Crippen LogP contribution in [0.4, 0.5) is 0 Å². The summed E-state index contributed by atoms with van der Waals surface area (Å²) in [5.41, 5.74) is 0.732. The Morgan fingerprint density at radius 1 is 1.25 bits per heavy atom. The number of thiophene rings is 1. The summed E-state index contributed by atoms with van der Waals surface area (Å²) in [6, 6.07) is 6.40. The minimum Gasteiger partial charge on any atom is -0.340 e. The highest BCUT2D eigenvalue weighted by atomic mass is 32.1. The molecule has 0 aliphatic heterocycles. The number of carbonyl (C=O) groups excluding carboxylic acids is 2. The van der Waals surface area contributed by atoms with Gasteiger partial charge < -0.3 is 9.84 Å². The average Bonchev–Trinajstić information content (AvgIpc) is 3.25. The molecule has 3 aromatic heterocycles. The van der Waals surface area contributed by atoms with Crippen LogP contribution in [0.1, 0.15) is 45.1 Å². The SMILES string of the molecule is CC(=O)c1ccc(C(=O)N[C@H](C)c2nc(-c3cccnc3)no2)s1. The fraction of sp³-hybridized carbons (Fsp3) is 0.188. The van der Waals surface area contributed by atoms with Gasteiger partial charge in [0.2, 0.25) is 11.7 Å². The van der Waals surface area contributed by atoms with Crippen LogP contribution in [0.5, 0.6) is 0 Å². The Bertz CT molecular complexity index is 872. The second kappa shape index (κ2) is 6.71. The monoisotopic (exact) mass is 342 g/mol. The molecule has 0 aliphatic carbocycles. The smallest absolute Gasteiger partial charge is 0.262 e. The zero-order valence-electron chi connectivity index (χ0n) is 13.0. The van der Waals surface area contributed by atoms with Gasteiger partial charge in [-0.25, -0.2) is 0 Å². The van der Waals surface area contributed by atoms with E-state index < -0.39 is 6.04 Å². The van der Waals surface area contributed by atoms with Crippen molar-refractivity contribution >= 4 is 23.0 Å². The second-order valence-corrected chi connectivity index (χ2v) is 6.20. The van der Waals surface area contributed by atoms with E-state index in [2.05, 4.69) is 20.4 Å². The van der Waals surface area contributed by atoms with E-state index in [-0.39, 0.29) is 11.7 Å². The van der Waals surface area contributed by atoms with Gasteiger partial charge in [-0.3, -0.25) is 14.6 Å². The molecule has 0 saturated carbocycles. The third-order valence-electron chi connectivity index (χ3n) is 3.26. The average molecular weight is 342 g/mol. The molecule has 3 heterocycles. The maximum Gasteiger partial charge on any atom is 0.262 e. The Morgan fingerprint density at radius 3 is 2.71 bits per heavy atom. The number of nitrogens with one attached hydrogen (secondary N) is 1. The van der Waals surface area contributed by atoms with E-state index in [9.17, 15) is 9.59 Å². The van der Waals surface area contributed by atoms with E-state index in [4.69, 9.17) is 4.52 Å². The molecule has 1 atom stereocenters. The van der Waals surface area contributed by atoms with Crippen molar-refractivity contribution in [3.63, 3.8) is 0 Å². The topological polar surface area (TPSA) is 98.0 Å². The van der Waals surface area contributed by atoms with Gasteiger partial charge in [-0.05, 0) is 38.1 Å². The molecule has 0 spiro atoms. The molecule has 1 N–H and O–H groups in total. The number of Topliss-reactive ketones (excluding diaryl/α,β-unsaturated/α-hetero) is 1. The van der Waals surface area contributed by atoms with Crippen LogP contribution in [0.15, 0.2) is 41.2 Å². The van der Waals surface area contributed by atoms with Gasteiger partial charge in [0, 0.05) is 18.0 Å². The predicted octanol–water partition coefficient (Wildman–Crippen LogP) is 2.89. The first-order valence-corrected chi connectivity index (χ1v) is 8.02. The van der Waals surface area contributed by atoms with Gasteiger partial charge in [-0.15, -0.1) is 11.3 Å². The standard InChI is InChI=1S/C16H14N4O3S/c1-9(18-15(22)13-6-5-12(24-13)10(2)21)16-19-14(20-23-16)11-4-3-7-17-8-11/h3-9H,1-2H3,(H,18,22)/t9-/m1/s1. The van der Waals surface area contributed by atoms with Gasteiger partial charge in [-0.1, -0.05) is 5.16 Å². The van der Waals surface area contributed by atoms with Crippen molar-refractivity contribution in [1.82, 2.24) is 20.4 Å². The molecule has 0 bridgehead atoms. The zero-order valence-corrected chi connectivity index (χ0v) is 13.8. The fourth-order valence-electron chi connectivity index (χ4n) is 2.00. The highest BCUT2D eigenvalue weighted by molar-refractivity contribution is 7.15. The largest absolute Gasteiger partial charge is 0.340 e. The first kappa shape index (κ1) is 16.0. The summed E-state index contributed by atoms with van der Waals surface area (Å²) < 4.78 is 5.21. The molecule has 122 valence electrons. The molecule has 3 rings (SSSR count). The molecule has 0 unspecified atom stereocenters. The quantitative estimate of drug-likeness (QED) is 0.716. The lowest BCUT2D eigenvalue weighted by atomic mass is 10.2. The molecule has 0 fully saturated rings. The van der Waals surface area contributed by atoms with Crippen LogP contribution in [-0.2, 0) is 0 Å². The number of rotatable bonds is 5. The van der Waals surface area contributed by atoms with E-state index in [1.807, 2.05) is 6.07 Å². The Balaban J connectivity index is 1.70. The minimum absolute atomic E-state index is 0.0647. The third kappa shape index (κ3) is 3.38. The lowest BCUT2D eigenvalue weighted by Crippen LogP contribution is -2.26. The van der Waals surface area contributed by atoms with Crippen molar-refractivity contribution in [3.8, 4) is 11.4 Å². The lowest BCUT2D eigenvalue weighted by Gasteiger charge is -2.08. The molecular weight excluding hydrogens is 328 g/mol. The Labute approximate surface area is 141 Å². The third-order valence-corrected chi connectivity index (χ3v) is 4.44. The zero-order chi connectivity index (χ0) is 17.1. The van der Waals surface area contributed by atoms with Crippen molar-refractivity contribution in [3.05, 3.63) is 52.3 Å². The fourth-order valence-corrected chi connectivity index (χ4v) is 2.81. The van der Waals surface area contributed by atoms with E-state index in [0.717, 1.165) is 16.9 Å². The summed E-state index contributed by atoms with van der Waals surface area (Å²) in [7, 11) is 0. The van der Waals surface area contributed by atoms with Crippen LogP contribution in [0.25, 0.3) is 11.4 Å². The van der Waals surface area contributed by atoms with Crippen LogP contribution < -0.4 is 5.32 Å². The van der Waals surface area contributed by atoms with Gasteiger partial charge >= 0.3 is 0 Å². The summed E-state index contributed by atoms with van der Waals surface area (Å²) in [6.45, 7) is 3.21. The molecule has 24 heavy (non-hydrogen) atoms. The summed E-state index contributed by atoms with van der Waals surface area (Å²) in [4.78, 5) is 32.8. The normalized spacial score (nSPS) is 11.9. The van der Waals surface area contributed by atoms with Gasteiger partial charge in [0.15, 0.2) is 5.78 Å². The molecular formula is C16H14N4O3S. The number of hydrogen-bond donors (Lipinski definition) is 1. The van der Waals surface area contributed by atoms with E-state index in [0.29, 0.717) is 21.5 Å². The van der Waals surface area contributed by atoms with Crippen LogP contribution in [0.3, 0.4) is 0 Å².